The van der Waals surface area contributed by atoms with Crippen molar-refractivity contribution in [2.45, 2.75) is 52.1 Å². The van der Waals surface area contributed by atoms with Crippen molar-refractivity contribution in [3.63, 3.8) is 0 Å². The molecule has 0 radical (unpaired) electrons. The van der Waals surface area contributed by atoms with Crippen LogP contribution in [-0.2, 0) is 11.2 Å². The predicted octanol–water partition coefficient (Wildman–Crippen LogP) is 4.76. The maximum absolute atomic E-state index is 11.0. The smallest absolute Gasteiger partial charge is 0.243 e. The quantitative estimate of drug-likeness (QED) is 0.256. The molecule has 0 saturated heterocycles. The molecule has 2 aromatic rings. The Labute approximate surface area is 186 Å². The number of aliphatic hydroxyl groups is 1. The molecule has 0 aliphatic carbocycles. The lowest BCUT2D eigenvalue weighted by molar-refractivity contribution is -0.129. The summed E-state index contributed by atoms with van der Waals surface area (Å²) >= 11 is 0. The zero-order valence-electron chi connectivity index (χ0n) is 18.0. The number of aliphatic hydroxyl groups excluding tert-OH is 1. The lowest BCUT2D eigenvalue weighted by Gasteiger charge is -2.17. The van der Waals surface area contributed by atoms with E-state index < -0.39 is 6.10 Å². The van der Waals surface area contributed by atoms with Gasteiger partial charge in [0.15, 0.2) is 0 Å². The van der Waals surface area contributed by atoms with Crippen molar-refractivity contribution in [1.82, 2.24) is 10.4 Å². The number of benzene rings is 2. The minimum atomic E-state index is -0.538. The lowest BCUT2D eigenvalue weighted by Crippen LogP contribution is -2.25. The van der Waals surface area contributed by atoms with Gasteiger partial charge in [0, 0.05) is 13.0 Å². The fourth-order valence-electron chi connectivity index (χ4n) is 3.43. The highest BCUT2D eigenvalue weighted by Crippen LogP contribution is 2.25. The fourth-order valence-corrected chi connectivity index (χ4v) is 3.43. The minimum absolute atomic E-state index is 0. The molecular formula is C24H35ClN2O3. The molecule has 0 aromatic heterocycles. The number of carbonyl (C=O) groups is 1. The maximum atomic E-state index is 11.0. The molecule has 0 saturated carbocycles. The number of hydrogen-bond acceptors (Lipinski definition) is 4. The Bertz CT molecular complexity index is 731. The van der Waals surface area contributed by atoms with Crippen LogP contribution in [0.2, 0.25) is 0 Å². The van der Waals surface area contributed by atoms with Gasteiger partial charge in [-0.2, -0.15) is 0 Å². The van der Waals surface area contributed by atoms with Crippen molar-refractivity contribution in [3.05, 3.63) is 59.7 Å². The predicted molar refractivity (Wildman–Crippen MR) is 124 cm³/mol. The third-order valence-corrected chi connectivity index (χ3v) is 5.45. The van der Waals surface area contributed by atoms with Crippen LogP contribution in [0.4, 0.5) is 0 Å². The molecule has 2 rings (SSSR count). The van der Waals surface area contributed by atoms with Crippen molar-refractivity contribution < 1.29 is 15.1 Å². The number of likely N-dealkylation sites (N-methyl/N-ethyl adjacent to an activating group) is 1. The summed E-state index contributed by atoms with van der Waals surface area (Å²) in [6.07, 6.45) is 2.76. The Morgan fingerprint density at radius 3 is 2.07 bits per heavy atom. The summed E-state index contributed by atoms with van der Waals surface area (Å²) in [5.74, 6) is -0.386. The highest BCUT2D eigenvalue weighted by atomic mass is 35.5. The van der Waals surface area contributed by atoms with E-state index >= 15 is 0 Å². The van der Waals surface area contributed by atoms with Crippen molar-refractivity contribution in [2.75, 3.05) is 19.6 Å². The Balaban J connectivity index is 0.00000450. The van der Waals surface area contributed by atoms with Crippen molar-refractivity contribution in [1.29, 1.82) is 0 Å². The van der Waals surface area contributed by atoms with Crippen molar-refractivity contribution >= 4 is 18.3 Å². The first kappa shape index (κ1) is 26.1. The van der Waals surface area contributed by atoms with E-state index in [2.05, 4.69) is 43.0 Å². The Morgan fingerprint density at radius 2 is 1.53 bits per heavy atom. The van der Waals surface area contributed by atoms with Gasteiger partial charge in [-0.1, -0.05) is 68.8 Å². The average molecular weight is 435 g/mol. The second-order valence-electron chi connectivity index (χ2n) is 7.39. The van der Waals surface area contributed by atoms with E-state index in [1.165, 1.54) is 11.1 Å². The molecule has 6 heteroatoms. The number of hydroxylamine groups is 1. The number of carbonyl (C=O) groups excluding carboxylic acids is 1. The number of nitrogens with zero attached hydrogens (tertiary/aromatic N) is 1. The van der Waals surface area contributed by atoms with Crippen molar-refractivity contribution in [2.24, 2.45) is 0 Å². The molecule has 0 bridgehead atoms. The molecular weight excluding hydrogens is 400 g/mol. The van der Waals surface area contributed by atoms with Crippen molar-refractivity contribution in [3.8, 4) is 11.1 Å². The molecule has 0 heterocycles. The molecule has 0 spiro atoms. The van der Waals surface area contributed by atoms with E-state index in [1.54, 1.807) is 5.48 Å². The number of unbranched alkanes of at least 4 members (excludes halogenated alkanes) is 1. The highest BCUT2D eigenvalue weighted by Gasteiger charge is 2.09. The minimum Gasteiger partial charge on any atom is -0.388 e. The molecule has 0 unspecified atom stereocenters. The molecule has 0 fully saturated rings. The van der Waals surface area contributed by atoms with Gasteiger partial charge in [-0.3, -0.25) is 10.0 Å². The van der Waals surface area contributed by atoms with Gasteiger partial charge in [-0.25, -0.2) is 5.48 Å². The molecule has 166 valence electrons. The third-order valence-electron chi connectivity index (χ3n) is 5.45. The second kappa shape index (κ2) is 14.1. The summed E-state index contributed by atoms with van der Waals surface area (Å²) in [5, 5.41) is 18.8. The second-order valence-corrected chi connectivity index (χ2v) is 7.39. The van der Waals surface area contributed by atoms with E-state index in [4.69, 9.17) is 5.21 Å². The van der Waals surface area contributed by atoms with Gasteiger partial charge in [-0.15, -0.1) is 12.4 Å². The summed E-state index contributed by atoms with van der Waals surface area (Å²) < 4.78 is 0. The number of halogens is 1. The topological polar surface area (TPSA) is 72.8 Å². The van der Waals surface area contributed by atoms with Gasteiger partial charge < -0.3 is 10.0 Å². The van der Waals surface area contributed by atoms with E-state index in [-0.39, 0.29) is 24.7 Å². The van der Waals surface area contributed by atoms with Gasteiger partial charge in [0.1, 0.15) is 0 Å². The standard InChI is InChI=1S/C24H34N2O3.ClH/c1-3-26(4-2)18-17-19-9-11-20(12-10-19)21-13-15-22(16-14-21)23(27)7-5-6-8-24(28)25-29;/h9-16,23,27,29H,3-8,17-18H2,1-2H3,(H,25,28);1H/t23-;/m1./s1. The van der Waals surface area contributed by atoms with E-state index in [0.29, 0.717) is 12.8 Å². The summed E-state index contributed by atoms with van der Waals surface area (Å²) in [6.45, 7) is 7.66. The van der Waals surface area contributed by atoms with Crippen LogP contribution in [0.5, 0.6) is 0 Å². The van der Waals surface area contributed by atoms with E-state index in [0.717, 1.165) is 43.6 Å². The van der Waals surface area contributed by atoms with Crippen LogP contribution in [0.1, 0.15) is 56.8 Å². The molecule has 1 atom stereocenters. The summed E-state index contributed by atoms with van der Waals surface area (Å²) in [7, 11) is 0. The monoisotopic (exact) mass is 434 g/mol. The number of hydrogen-bond donors (Lipinski definition) is 3. The SMILES string of the molecule is CCN(CC)CCc1ccc(-c2ccc([C@H](O)CCCCC(=O)NO)cc2)cc1.Cl. The molecule has 1 amide bonds. The van der Waals surface area contributed by atoms with Gasteiger partial charge in [0.25, 0.3) is 0 Å². The lowest BCUT2D eigenvalue weighted by atomic mass is 9.98. The number of rotatable bonds is 12. The Morgan fingerprint density at radius 1 is 0.967 bits per heavy atom. The van der Waals surface area contributed by atoms with E-state index in [9.17, 15) is 9.90 Å². The molecule has 5 nitrogen and oxygen atoms in total. The van der Waals surface area contributed by atoms with E-state index in [1.807, 2.05) is 24.3 Å². The van der Waals surface area contributed by atoms with Gasteiger partial charge in [0.05, 0.1) is 6.10 Å². The van der Waals surface area contributed by atoms with Crippen LogP contribution in [0, 0.1) is 0 Å². The maximum Gasteiger partial charge on any atom is 0.243 e. The first-order valence-corrected chi connectivity index (χ1v) is 10.6. The first-order chi connectivity index (χ1) is 14.1. The van der Waals surface area contributed by atoms with Gasteiger partial charge in [0.2, 0.25) is 5.91 Å². The van der Waals surface area contributed by atoms with Crippen LogP contribution in [0.25, 0.3) is 11.1 Å². The van der Waals surface area contributed by atoms with Crippen LogP contribution in [-0.4, -0.2) is 40.8 Å². The van der Waals surface area contributed by atoms with Crippen LogP contribution < -0.4 is 5.48 Å². The molecule has 0 aliphatic rings. The van der Waals surface area contributed by atoms with Crippen LogP contribution >= 0.6 is 12.4 Å². The summed E-state index contributed by atoms with van der Waals surface area (Å²) in [4.78, 5) is 13.4. The highest BCUT2D eigenvalue weighted by molar-refractivity contribution is 5.85. The number of nitrogens with one attached hydrogen (secondary N) is 1. The Hall–Kier alpha value is -1.92. The zero-order chi connectivity index (χ0) is 21.1. The largest absolute Gasteiger partial charge is 0.388 e. The summed E-state index contributed by atoms with van der Waals surface area (Å²) in [6, 6.07) is 16.7. The van der Waals surface area contributed by atoms with Gasteiger partial charge >= 0.3 is 0 Å². The third kappa shape index (κ3) is 8.44. The first-order valence-electron chi connectivity index (χ1n) is 10.6. The molecule has 30 heavy (non-hydrogen) atoms. The molecule has 2 aromatic carbocycles. The average Bonchev–Trinajstić information content (AvgIpc) is 2.77. The number of amides is 1. The molecule has 3 N–H and O–H groups in total. The molecule has 0 aliphatic heterocycles. The summed E-state index contributed by atoms with van der Waals surface area (Å²) in [5.41, 5.74) is 6.17. The normalized spacial score (nSPS) is 11.8. The van der Waals surface area contributed by atoms with Crippen LogP contribution in [0.3, 0.4) is 0 Å². The fraction of sp³-hybridized carbons (Fsp3) is 0.458. The Kier molecular flexibility index (Phi) is 12.3. The van der Waals surface area contributed by atoms with Crippen LogP contribution in [0.15, 0.2) is 48.5 Å². The zero-order valence-corrected chi connectivity index (χ0v) is 18.8. The van der Waals surface area contributed by atoms with Gasteiger partial charge in [-0.05, 0) is 54.6 Å².